The summed E-state index contributed by atoms with van der Waals surface area (Å²) in [5.74, 6) is 2.07. The summed E-state index contributed by atoms with van der Waals surface area (Å²) in [6.45, 7) is 5.82. The Morgan fingerprint density at radius 2 is 1.78 bits per heavy atom. The van der Waals surface area contributed by atoms with Gasteiger partial charge < -0.3 is 19.4 Å². The van der Waals surface area contributed by atoms with Gasteiger partial charge in [-0.1, -0.05) is 24.3 Å². The zero-order valence-corrected chi connectivity index (χ0v) is 15.8. The van der Waals surface area contributed by atoms with Crippen LogP contribution in [0.1, 0.15) is 19.2 Å². The highest BCUT2D eigenvalue weighted by molar-refractivity contribution is 5.77. The molecule has 1 amide bonds. The summed E-state index contributed by atoms with van der Waals surface area (Å²) in [5.41, 5.74) is 2.12. The molecule has 6 nitrogen and oxygen atoms in total. The number of aromatic nitrogens is 2. The first-order valence-corrected chi connectivity index (χ1v) is 9.22. The first kappa shape index (κ1) is 18.8. The predicted octanol–water partition coefficient (Wildman–Crippen LogP) is 3.33. The van der Waals surface area contributed by atoms with E-state index in [0.717, 1.165) is 29.8 Å². The molecule has 0 atom stereocenters. The first-order chi connectivity index (χ1) is 13.2. The van der Waals surface area contributed by atoms with Crippen molar-refractivity contribution in [2.24, 2.45) is 0 Å². The van der Waals surface area contributed by atoms with E-state index in [-0.39, 0.29) is 12.5 Å². The molecule has 0 aliphatic carbocycles. The Hall–Kier alpha value is -3.02. The van der Waals surface area contributed by atoms with E-state index in [4.69, 9.17) is 9.47 Å². The van der Waals surface area contributed by atoms with Gasteiger partial charge in [0.05, 0.1) is 17.6 Å². The van der Waals surface area contributed by atoms with Crippen molar-refractivity contribution in [3.05, 3.63) is 54.4 Å². The molecule has 27 heavy (non-hydrogen) atoms. The minimum absolute atomic E-state index is 0.0306. The standard InChI is InChI=1S/C21H25N3O3/c1-3-26-19-11-6-7-12-20(19)27-15-21(25)22-13-8-14-24-16(2)23-17-9-4-5-10-18(17)24/h4-7,9-12H,3,8,13-15H2,1-2H3,(H,22,25). The number of para-hydroxylation sites is 4. The van der Waals surface area contributed by atoms with E-state index in [0.29, 0.717) is 24.7 Å². The maximum Gasteiger partial charge on any atom is 0.257 e. The number of aryl methyl sites for hydroxylation is 2. The van der Waals surface area contributed by atoms with Crippen LogP contribution in [0.2, 0.25) is 0 Å². The molecule has 0 bridgehead atoms. The smallest absolute Gasteiger partial charge is 0.257 e. The van der Waals surface area contributed by atoms with Crippen LogP contribution < -0.4 is 14.8 Å². The lowest BCUT2D eigenvalue weighted by atomic mass is 10.3. The molecule has 0 aliphatic rings. The molecular formula is C21H25N3O3. The third kappa shape index (κ3) is 4.78. The molecule has 0 radical (unpaired) electrons. The van der Waals surface area contributed by atoms with Gasteiger partial charge in [0.1, 0.15) is 5.82 Å². The van der Waals surface area contributed by atoms with Gasteiger partial charge in [-0.15, -0.1) is 0 Å². The van der Waals surface area contributed by atoms with Crippen LogP contribution in [0.4, 0.5) is 0 Å². The number of rotatable bonds is 9. The molecule has 1 N–H and O–H groups in total. The zero-order valence-electron chi connectivity index (χ0n) is 15.8. The molecule has 1 aromatic heterocycles. The molecule has 0 saturated heterocycles. The summed E-state index contributed by atoms with van der Waals surface area (Å²) in [7, 11) is 0. The molecule has 142 valence electrons. The van der Waals surface area contributed by atoms with Crippen molar-refractivity contribution in [3.63, 3.8) is 0 Å². The van der Waals surface area contributed by atoms with Crippen LogP contribution in [0.15, 0.2) is 48.5 Å². The van der Waals surface area contributed by atoms with Crippen molar-refractivity contribution in [3.8, 4) is 11.5 Å². The highest BCUT2D eigenvalue weighted by Crippen LogP contribution is 2.26. The van der Waals surface area contributed by atoms with Crippen LogP contribution in [0.5, 0.6) is 11.5 Å². The lowest BCUT2D eigenvalue weighted by molar-refractivity contribution is -0.123. The van der Waals surface area contributed by atoms with E-state index in [9.17, 15) is 4.79 Å². The Kier molecular flexibility index (Phi) is 6.30. The number of imidazole rings is 1. The van der Waals surface area contributed by atoms with Crippen LogP contribution >= 0.6 is 0 Å². The second-order valence-electron chi connectivity index (χ2n) is 6.17. The van der Waals surface area contributed by atoms with Crippen LogP contribution in [0.3, 0.4) is 0 Å². The summed E-state index contributed by atoms with van der Waals surface area (Å²) < 4.78 is 13.2. The quantitative estimate of drug-likeness (QED) is 0.589. The SMILES string of the molecule is CCOc1ccccc1OCC(=O)NCCCn1c(C)nc2ccccc21. The minimum atomic E-state index is -0.145. The molecule has 0 saturated carbocycles. The summed E-state index contributed by atoms with van der Waals surface area (Å²) in [4.78, 5) is 16.6. The van der Waals surface area contributed by atoms with E-state index in [1.165, 1.54) is 0 Å². The predicted molar refractivity (Wildman–Crippen MR) is 105 cm³/mol. The Morgan fingerprint density at radius 3 is 2.56 bits per heavy atom. The van der Waals surface area contributed by atoms with Gasteiger partial charge in [0.25, 0.3) is 5.91 Å². The minimum Gasteiger partial charge on any atom is -0.490 e. The Balaban J connectivity index is 1.44. The van der Waals surface area contributed by atoms with E-state index in [2.05, 4.69) is 20.9 Å². The first-order valence-electron chi connectivity index (χ1n) is 9.22. The maximum atomic E-state index is 12.0. The number of fused-ring (bicyclic) bond motifs is 1. The number of nitrogens with one attached hydrogen (secondary N) is 1. The Morgan fingerprint density at radius 1 is 1.07 bits per heavy atom. The van der Waals surface area contributed by atoms with E-state index >= 15 is 0 Å². The number of amides is 1. The molecule has 0 unspecified atom stereocenters. The van der Waals surface area contributed by atoms with Crippen LogP contribution in [-0.2, 0) is 11.3 Å². The molecule has 0 aliphatic heterocycles. The van der Waals surface area contributed by atoms with Crippen molar-refractivity contribution < 1.29 is 14.3 Å². The topological polar surface area (TPSA) is 65.4 Å². The zero-order chi connectivity index (χ0) is 19.1. The molecule has 1 heterocycles. The maximum absolute atomic E-state index is 12.0. The van der Waals surface area contributed by atoms with Crippen molar-refractivity contribution in [2.75, 3.05) is 19.8 Å². The molecule has 6 heteroatoms. The number of carbonyl (C=O) groups is 1. The summed E-state index contributed by atoms with van der Waals surface area (Å²) in [5, 5.41) is 2.90. The largest absolute Gasteiger partial charge is 0.490 e. The second-order valence-corrected chi connectivity index (χ2v) is 6.17. The third-order valence-electron chi connectivity index (χ3n) is 4.23. The number of carbonyl (C=O) groups excluding carboxylic acids is 1. The number of nitrogens with zero attached hydrogens (tertiary/aromatic N) is 2. The van der Waals surface area contributed by atoms with Crippen LogP contribution in [0.25, 0.3) is 11.0 Å². The van der Waals surface area contributed by atoms with Crippen molar-refractivity contribution >= 4 is 16.9 Å². The molecular weight excluding hydrogens is 342 g/mol. The third-order valence-corrected chi connectivity index (χ3v) is 4.23. The van der Waals surface area contributed by atoms with Gasteiger partial charge in [-0.05, 0) is 44.5 Å². The molecule has 3 rings (SSSR count). The fraction of sp³-hybridized carbons (Fsp3) is 0.333. The Bertz CT molecular complexity index is 905. The summed E-state index contributed by atoms with van der Waals surface area (Å²) >= 11 is 0. The lowest BCUT2D eigenvalue weighted by Crippen LogP contribution is -2.30. The molecule has 2 aromatic carbocycles. The average Bonchev–Trinajstić information content (AvgIpc) is 3.00. The van der Waals surface area contributed by atoms with Crippen molar-refractivity contribution in [1.29, 1.82) is 0 Å². The monoisotopic (exact) mass is 367 g/mol. The van der Waals surface area contributed by atoms with Crippen molar-refractivity contribution in [1.82, 2.24) is 14.9 Å². The number of benzene rings is 2. The normalized spacial score (nSPS) is 10.7. The van der Waals surface area contributed by atoms with E-state index < -0.39 is 0 Å². The molecule has 0 fully saturated rings. The number of ether oxygens (including phenoxy) is 2. The highest BCUT2D eigenvalue weighted by Gasteiger charge is 2.08. The number of hydrogen-bond acceptors (Lipinski definition) is 4. The molecule has 0 spiro atoms. The fourth-order valence-corrected chi connectivity index (χ4v) is 2.98. The van der Waals surface area contributed by atoms with Crippen LogP contribution in [-0.4, -0.2) is 35.2 Å². The van der Waals surface area contributed by atoms with Crippen molar-refractivity contribution in [2.45, 2.75) is 26.8 Å². The van der Waals surface area contributed by atoms with Gasteiger partial charge in [0, 0.05) is 13.1 Å². The average molecular weight is 367 g/mol. The number of hydrogen-bond donors (Lipinski definition) is 1. The van der Waals surface area contributed by atoms with E-state index in [1.807, 2.05) is 50.2 Å². The van der Waals surface area contributed by atoms with Gasteiger partial charge in [0.15, 0.2) is 18.1 Å². The Labute approximate surface area is 159 Å². The van der Waals surface area contributed by atoms with Gasteiger partial charge in [-0.3, -0.25) is 4.79 Å². The van der Waals surface area contributed by atoms with Gasteiger partial charge >= 0.3 is 0 Å². The summed E-state index contributed by atoms with van der Waals surface area (Å²) in [6.07, 6.45) is 0.822. The molecule has 3 aromatic rings. The van der Waals surface area contributed by atoms with E-state index in [1.54, 1.807) is 6.07 Å². The van der Waals surface area contributed by atoms with Gasteiger partial charge in [-0.2, -0.15) is 0 Å². The van der Waals surface area contributed by atoms with Crippen LogP contribution in [0, 0.1) is 6.92 Å². The highest BCUT2D eigenvalue weighted by atomic mass is 16.5. The lowest BCUT2D eigenvalue weighted by Gasteiger charge is -2.12. The summed E-state index contributed by atoms with van der Waals surface area (Å²) in [6, 6.07) is 15.4. The van der Waals surface area contributed by atoms with Gasteiger partial charge in [0.2, 0.25) is 0 Å². The second kappa shape index (κ2) is 9.07. The van der Waals surface area contributed by atoms with Gasteiger partial charge in [-0.25, -0.2) is 4.98 Å². The fourth-order valence-electron chi connectivity index (χ4n) is 2.98.